The molecule has 0 unspecified atom stereocenters. The largest absolute Gasteiger partial charge is 0.456 e. The van der Waals surface area contributed by atoms with Gasteiger partial charge in [-0.25, -0.2) is 0 Å². The average molecular weight is 224 g/mol. The summed E-state index contributed by atoms with van der Waals surface area (Å²) in [5.74, 6) is 0. The summed E-state index contributed by atoms with van der Waals surface area (Å²) in [6.07, 6.45) is 0. The third kappa shape index (κ3) is 1.62. The lowest BCUT2D eigenvalue weighted by molar-refractivity contribution is 0.590. The fraction of sp³-hybridized carbons (Fsp3) is 0.250. The quantitative estimate of drug-likeness (QED) is 0.530. The van der Waals surface area contributed by atoms with Gasteiger partial charge in [-0.2, -0.15) is 0 Å². The minimum absolute atomic E-state index is 0.173. The zero-order valence-electron chi connectivity index (χ0n) is 10.4. The summed E-state index contributed by atoms with van der Waals surface area (Å²) in [6, 6.07) is 14.7. The van der Waals surface area contributed by atoms with Gasteiger partial charge in [0.15, 0.2) is 0 Å². The van der Waals surface area contributed by atoms with E-state index in [1.807, 2.05) is 12.1 Å². The van der Waals surface area contributed by atoms with E-state index in [4.69, 9.17) is 4.42 Å². The Morgan fingerprint density at radius 2 is 1.53 bits per heavy atom. The lowest BCUT2D eigenvalue weighted by Crippen LogP contribution is -2.10. The Morgan fingerprint density at radius 1 is 0.824 bits per heavy atom. The molecule has 0 amide bonds. The molecule has 3 rings (SSSR count). The fourth-order valence-corrected chi connectivity index (χ4v) is 2.19. The lowest BCUT2D eigenvalue weighted by atomic mass is 9.86. The third-order valence-corrected chi connectivity index (χ3v) is 3.24. The molecular weight excluding hydrogens is 208 g/mol. The fourth-order valence-electron chi connectivity index (χ4n) is 2.19. The van der Waals surface area contributed by atoms with Gasteiger partial charge < -0.3 is 4.42 Å². The molecule has 1 aromatic heterocycles. The van der Waals surface area contributed by atoms with Crippen LogP contribution in [-0.2, 0) is 5.41 Å². The van der Waals surface area contributed by atoms with Gasteiger partial charge in [-0.3, -0.25) is 0 Å². The molecule has 2 aromatic carbocycles. The predicted molar refractivity (Wildman–Crippen MR) is 72.4 cm³/mol. The number of para-hydroxylation sites is 1. The van der Waals surface area contributed by atoms with Crippen molar-refractivity contribution in [1.29, 1.82) is 0 Å². The molecule has 1 heterocycles. The summed E-state index contributed by atoms with van der Waals surface area (Å²) < 4.78 is 5.82. The first kappa shape index (κ1) is 10.4. The molecule has 0 atom stereocenters. The van der Waals surface area contributed by atoms with E-state index in [0.717, 1.165) is 11.2 Å². The smallest absolute Gasteiger partial charge is 0.135 e. The van der Waals surface area contributed by atoms with Gasteiger partial charge in [-0.1, -0.05) is 45.0 Å². The van der Waals surface area contributed by atoms with Crippen LogP contribution in [0.15, 0.2) is 46.9 Å². The summed E-state index contributed by atoms with van der Waals surface area (Å²) in [5, 5.41) is 2.42. The molecule has 0 saturated heterocycles. The maximum Gasteiger partial charge on any atom is 0.135 e. The molecule has 0 aliphatic rings. The zero-order chi connectivity index (χ0) is 12.0. The highest BCUT2D eigenvalue weighted by Gasteiger charge is 2.15. The highest BCUT2D eigenvalue weighted by Crippen LogP contribution is 2.32. The second-order valence-electron chi connectivity index (χ2n) is 5.56. The summed E-state index contributed by atoms with van der Waals surface area (Å²) >= 11 is 0. The highest BCUT2D eigenvalue weighted by molar-refractivity contribution is 6.05. The number of hydrogen-bond donors (Lipinski definition) is 0. The summed E-state index contributed by atoms with van der Waals surface area (Å²) in [7, 11) is 0. The van der Waals surface area contributed by atoms with Crippen LogP contribution in [0.4, 0.5) is 0 Å². The number of hydrogen-bond acceptors (Lipinski definition) is 1. The van der Waals surface area contributed by atoms with Crippen molar-refractivity contribution in [2.45, 2.75) is 26.2 Å². The van der Waals surface area contributed by atoms with E-state index in [1.54, 1.807) is 0 Å². The minimum Gasteiger partial charge on any atom is -0.456 e. The summed E-state index contributed by atoms with van der Waals surface area (Å²) in [4.78, 5) is 0. The molecule has 0 bridgehead atoms. The second kappa shape index (κ2) is 3.36. The number of furan rings is 1. The number of benzene rings is 2. The highest BCUT2D eigenvalue weighted by atomic mass is 16.3. The van der Waals surface area contributed by atoms with E-state index in [-0.39, 0.29) is 5.41 Å². The molecule has 1 heteroatoms. The van der Waals surface area contributed by atoms with Crippen LogP contribution in [0, 0.1) is 0 Å². The Balaban J connectivity index is 2.38. The van der Waals surface area contributed by atoms with Crippen molar-refractivity contribution < 1.29 is 4.42 Å². The van der Waals surface area contributed by atoms with Crippen LogP contribution in [0.5, 0.6) is 0 Å². The predicted octanol–water partition coefficient (Wildman–Crippen LogP) is 4.88. The molecular formula is C16H16O. The Morgan fingerprint density at radius 3 is 2.29 bits per heavy atom. The van der Waals surface area contributed by atoms with Crippen LogP contribution < -0.4 is 0 Å². The van der Waals surface area contributed by atoms with Crippen molar-refractivity contribution in [3.8, 4) is 0 Å². The SMILES string of the molecule is CC(C)(C)c1ccc2oc3ccccc3c2c1. The molecule has 0 aliphatic heterocycles. The molecule has 0 aliphatic carbocycles. The maximum atomic E-state index is 5.82. The van der Waals surface area contributed by atoms with E-state index >= 15 is 0 Å². The van der Waals surface area contributed by atoms with Gasteiger partial charge in [0.2, 0.25) is 0 Å². The monoisotopic (exact) mass is 224 g/mol. The van der Waals surface area contributed by atoms with Crippen molar-refractivity contribution in [3.63, 3.8) is 0 Å². The van der Waals surface area contributed by atoms with E-state index in [2.05, 4.69) is 51.1 Å². The van der Waals surface area contributed by atoms with Crippen LogP contribution >= 0.6 is 0 Å². The standard InChI is InChI=1S/C16H16O/c1-16(2,3)11-8-9-15-13(10-11)12-6-4-5-7-14(12)17-15/h4-10H,1-3H3. The van der Waals surface area contributed by atoms with Gasteiger partial charge >= 0.3 is 0 Å². The summed E-state index contributed by atoms with van der Waals surface area (Å²) in [5.41, 5.74) is 3.45. The van der Waals surface area contributed by atoms with Gasteiger partial charge in [0.25, 0.3) is 0 Å². The molecule has 0 radical (unpaired) electrons. The molecule has 0 spiro atoms. The van der Waals surface area contributed by atoms with Crippen LogP contribution in [0.3, 0.4) is 0 Å². The zero-order valence-corrected chi connectivity index (χ0v) is 10.4. The second-order valence-corrected chi connectivity index (χ2v) is 5.56. The molecule has 0 N–H and O–H groups in total. The van der Waals surface area contributed by atoms with E-state index in [0.29, 0.717) is 0 Å². The van der Waals surface area contributed by atoms with Crippen molar-refractivity contribution in [2.24, 2.45) is 0 Å². The molecule has 17 heavy (non-hydrogen) atoms. The van der Waals surface area contributed by atoms with Crippen LogP contribution in [0.25, 0.3) is 21.9 Å². The van der Waals surface area contributed by atoms with Gasteiger partial charge in [0.1, 0.15) is 11.2 Å². The van der Waals surface area contributed by atoms with Gasteiger partial charge in [0.05, 0.1) is 0 Å². The number of rotatable bonds is 0. The molecule has 0 fully saturated rings. The number of fused-ring (bicyclic) bond motifs is 3. The Bertz CT molecular complexity index is 683. The van der Waals surface area contributed by atoms with Crippen LogP contribution in [0.1, 0.15) is 26.3 Å². The molecule has 1 nitrogen and oxygen atoms in total. The Hall–Kier alpha value is -1.76. The third-order valence-electron chi connectivity index (χ3n) is 3.24. The normalized spacial score (nSPS) is 12.4. The van der Waals surface area contributed by atoms with Crippen LogP contribution in [-0.4, -0.2) is 0 Å². The first-order chi connectivity index (χ1) is 8.05. The Labute approximate surface area is 101 Å². The minimum atomic E-state index is 0.173. The topological polar surface area (TPSA) is 13.1 Å². The van der Waals surface area contributed by atoms with E-state index in [1.165, 1.54) is 16.3 Å². The Kier molecular flexibility index (Phi) is 2.06. The summed E-state index contributed by atoms with van der Waals surface area (Å²) in [6.45, 7) is 6.70. The van der Waals surface area contributed by atoms with Crippen molar-refractivity contribution in [2.75, 3.05) is 0 Å². The maximum absolute atomic E-state index is 5.82. The molecule has 3 aromatic rings. The van der Waals surface area contributed by atoms with Gasteiger partial charge in [-0.05, 0) is 29.2 Å². The van der Waals surface area contributed by atoms with Gasteiger partial charge in [0, 0.05) is 10.8 Å². The van der Waals surface area contributed by atoms with Crippen LogP contribution in [0.2, 0.25) is 0 Å². The lowest BCUT2D eigenvalue weighted by Gasteiger charge is -2.18. The average Bonchev–Trinajstić information content (AvgIpc) is 2.65. The molecule has 86 valence electrons. The van der Waals surface area contributed by atoms with E-state index < -0.39 is 0 Å². The van der Waals surface area contributed by atoms with Gasteiger partial charge in [-0.15, -0.1) is 0 Å². The van der Waals surface area contributed by atoms with Crippen molar-refractivity contribution >= 4 is 21.9 Å². The first-order valence-electron chi connectivity index (χ1n) is 5.97. The van der Waals surface area contributed by atoms with E-state index in [9.17, 15) is 0 Å². The van der Waals surface area contributed by atoms with Crippen molar-refractivity contribution in [3.05, 3.63) is 48.0 Å². The molecule has 0 saturated carbocycles. The first-order valence-corrected chi connectivity index (χ1v) is 5.97. The van der Waals surface area contributed by atoms with Crippen molar-refractivity contribution in [1.82, 2.24) is 0 Å².